The summed E-state index contributed by atoms with van der Waals surface area (Å²) in [7, 11) is 1.37. The van der Waals surface area contributed by atoms with Gasteiger partial charge in [-0.15, -0.1) is 0 Å². The summed E-state index contributed by atoms with van der Waals surface area (Å²) in [6.45, 7) is 10.1. The number of aliphatic imine (C=N–C) groups is 1. The minimum Gasteiger partial charge on any atom is -0.465 e. The Hall–Kier alpha value is -3.10. The number of aromatic nitrogens is 1. The summed E-state index contributed by atoms with van der Waals surface area (Å²) in [4.78, 5) is 29.8. The fourth-order valence-corrected chi connectivity index (χ4v) is 5.24. The van der Waals surface area contributed by atoms with Gasteiger partial charge in [-0.3, -0.25) is 4.79 Å². The second-order valence-corrected chi connectivity index (χ2v) is 10.4. The lowest BCUT2D eigenvalue weighted by Gasteiger charge is -2.14. The number of halogens is 1. The topological polar surface area (TPSA) is 72.7 Å². The monoisotopic (exact) mass is 551 g/mol. The van der Waals surface area contributed by atoms with Crippen LogP contribution in [-0.4, -0.2) is 28.7 Å². The molecule has 1 amide bonds. The summed E-state index contributed by atoms with van der Waals surface area (Å²) in [5, 5.41) is 3.43. The quantitative estimate of drug-likeness (QED) is 0.298. The van der Waals surface area contributed by atoms with Gasteiger partial charge in [0.2, 0.25) is 0 Å². The first-order valence-corrected chi connectivity index (χ1v) is 12.6. The van der Waals surface area contributed by atoms with E-state index < -0.39 is 0 Å². The van der Waals surface area contributed by atoms with Crippen molar-refractivity contribution >= 4 is 56.5 Å². The molecule has 1 fully saturated rings. The van der Waals surface area contributed by atoms with E-state index in [0.717, 1.165) is 49.5 Å². The third kappa shape index (κ3) is 4.99. The number of amidine groups is 1. The number of aryl methyl sites for hydroxylation is 4. The van der Waals surface area contributed by atoms with Crippen molar-refractivity contribution in [3.63, 3.8) is 0 Å². The highest BCUT2D eigenvalue weighted by Crippen LogP contribution is 2.32. The molecule has 180 valence electrons. The van der Waals surface area contributed by atoms with Crippen LogP contribution in [0, 0.1) is 34.6 Å². The molecule has 35 heavy (non-hydrogen) atoms. The van der Waals surface area contributed by atoms with Crippen LogP contribution in [-0.2, 0) is 9.53 Å². The van der Waals surface area contributed by atoms with Crippen LogP contribution in [0.2, 0.25) is 0 Å². The molecule has 0 spiro atoms. The number of thioether (sulfide) groups is 1. The molecule has 0 bridgehead atoms. The zero-order valence-corrected chi connectivity index (χ0v) is 22.8. The third-order valence-electron chi connectivity index (χ3n) is 5.92. The first-order valence-electron chi connectivity index (χ1n) is 11.0. The summed E-state index contributed by atoms with van der Waals surface area (Å²) in [6, 6.07) is 11.5. The second-order valence-electron chi connectivity index (χ2n) is 8.53. The first kappa shape index (κ1) is 25.0. The van der Waals surface area contributed by atoms with Crippen molar-refractivity contribution in [2.24, 2.45) is 4.99 Å². The minimum atomic E-state index is -0.360. The maximum atomic E-state index is 12.7. The molecule has 1 aromatic heterocycles. The molecular weight excluding hydrogens is 526 g/mol. The molecule has 3 aromatic rings. The van der Waals surface area contributed by atoms with Crippen LogP contribution < -0.4 is 5.32 Å². The smallest absolute Gasteiger partial charge is 0.337 e. The molecule has 6 nitrogen and oxygen atoms in total. The Labute approximate surface area is 217 Å². The molecule has 2 aromatic carbocycles. The summed E-state index contributed by atoms with van der Waals surface area (Å²) in [5.41, 5.74) is 8.42. The molecule has 2 heterocycles. The number of carbonyl (C=O) groups is 2. The van der Waals surface area contributed by atoms with E-state index in [1.165, 1.54) is 18.9 Å². The van der Waals surface area contributed by atoms with Gasteiger partial charge in [0.1, 0.15) is 0 Å². The molecule has 0 unspecified atom stereocenters. The fraction of sp³-hybridized carbons (Fsp3) is 0.222. The highest BCUT2D eigenvalue weighted by molar-refractivity contribution is 9.10. The van der Waals surface area contributed by atoms with E-state index in [1.807, 2.05) is 65.0 Å². The van der Waals surface area contributed by atoms with E-state index in [-0.39, 0.29) is 11.9 Å². The van der Waals surface area contributed by atoms with Crippen LogP contribution in [0.1, 0.15) is 44.0 Å². The summed E-state index contributed by atoms with van der Waals surface area (Å²) < 4.78 is 8.02. The molecule has 8 heteroatoms. The van der Waals surface area contributed by atoms with Crippen LogP contribution in [0.4, 0.5) is 5.69 Å². The molecule has 1 saturated heterocycles. The largest absolute Gasteiger partial charge is 0.465 e. The van der Waals surface area contributed by atoms with Crippen molar-refractivity contribution in [1.29, 1.82) is 0 Å². The lowest BCUT2D eigenvalue weighted by atomic mass is 10.1. The first-order chi connectivity index (χ1) is 16.6. The van der Waals surface area contributed by atoms with Crippen molar-refractivity contribution in [1.82, 2.24) is 9.88 Å². The molecule has 0 aliphatic carbocycles. The number of hydrogen-bond donors (Lipinski definition) is 1. The number of carbonyl (C=O) groups excluding carboxylic acids is 2. The van der Waals surface area contributed by atoms with Gasteiger partial charge in [0.15, 0.2) is 5.17 Å². The predicted octanol–water partition coefficient (Wildman–Crippen LogP) is 6.46. The Morgan fingerprint density at radius 3 is 2.37 bits per heavy atom. The van der Waals surface area contributed by atoms with Gasteiger partial charge in [0.25, 0.3) is 5.91 Å². The number of hydrogen-bond acceptors (Lipinski definition) is 5. The Morgan fingerprint density at radius 2 is 1.74 bits per heavy atom. The lowest BCUT2D eigenvalue weighted by molar-refractivity contribution is -0.115. The molecule has 0 radical (unpaired) electrons. The van der Waals surface area contributed by atoms with Crippen molar-refractivity contribution in [2.75, 3.05) is 7.11 Å². The summed E-state index contributed by atoms with van der Waals surface area (Å²) in [5.74, 6) is -0.524. The molecular formula is C27H26BrN3O3S. The fourth-order valence-electron chi connectivity index (χ4n) is 4.18. The highest BCUT2D eigenvalue weighted by Gasteiger charge is 2.25. The molecule has 0 atom stereocenters. The Bertz CT molecular complexity index is 1410. The van der Waals surface area contributed by atoms with E-state index >= 15 is 0 Å². The van der Waals surface area contributed by atoms with Gasteiger partial charge in [-0.25, -0.2) is 9.79 Å². The second kappa shape index (κ2) is 9.87. The number of benzene rings is 2. The van der Waals surface area contributed by atoms with E-state index in [1.54, 1.807) is 6.07 Å². The summed E-state index contributed by atoms with van der Waals surface area (Å²) >= 11 is 4.91. The number of nitrogens with one attached hydrogen (secondary N) is 1. The van der Waals surface area contributed by atoms with Crippen LogP contribution >= 0.6 is 27.7 Å². The zero-order valence-electron chi connectivity index (χ0n) is 20.4. The number of rotatable bonds is 4. The number of amides is 1. The maximum Gasteiger partial charge on any atom is 0.337 e. The van der Waals surface area contributed by atoms with Gasteiger partial charge in [-0.1, -0.05) is 15.9 Å². The number of esters is 1. The van der Waals surface area contributed by atoms with E-state index in [9.17, 15) is 9.59 Å². The normalized spacial score (nSPS) is 15.7. The lowest BCUT2D eigenvalue weighted by Crippen LogP contribution is -2.19. The van der Waals surface area contributed by atoms with Gasteiger partial charge < -0.3 is 14.6 Å². The van der Waals surface area contributed by atoms with Gasteiger partial charge in [-0.2, -0.15) is 0 Å². The Kier molecular flexibility index (Phi) is 7.05. The third-order valence-corrected chi connectivity index (χ3v) is 8.08. The van der Waals surface area contributed by atoms with Crippen molar-refractivity contribution in [3.8, 4) is 5.69 Å². The average molecular weight is 552 g/mol. The van der Waals surface area contributed by atoms with Crippen LogP contribution in [0.5, 0.6) is 0 Å². The van der Waals surface area contributed by atoms with Gasteiger partial charge in [0.05, 0.1) is 23.3 Å². The maximum absolute atomic E-state index is 12.7. The van der Waals surface area contributed by atoms with E-state index in [2.05, 4.69) is 36.9 Å². The SMILES string of the molecule is COC(=O)c1ccc(-n2c(C)cc(/C=C3\SC(=Nc4cc(C)c(Br)c(C)c4)NC3=O)c2C)c(C)c1. The molecule has 4 rings (SSSR count). The molecule has 1 aliphatic heterocycles. The zero-order chi connectivity index (χ0) is 25.4. The minimum absolute atomic E-state index is 0.164. The van der Waals surface area contributed by atoms with Crippen LogP contribution in [0.25, 0.3) is 11.8 Å². The van der Waals surface area contributed by atoms with E-state index in [4.69, 9.17) is 4.74 Å². The van der Waals surface area contributed by atoms with Gasteiger partial charge in [-0.05, 0) is 111 Å². The summed E-state index contributed by atoms with van der Waals surface area (Å²) in [6.07, 6.45) is 1.90. The van der Waals surface area contributed by atoms with Crippen LogP contribution in [0.3, 0.4) is 0 Å². The molecule has 0 saturated carbocycles. The van der Waals surface area contributed by atoms with Crippen molar-refractivity contribution in [2.45, 2.75) is 34.6 Å². The number of methoxy groups -OCH3 is 1. The molecule has 1 aliphatic rings. The van der Waals surface area contributed by atoms with Gasteiger partial charge >= 0.3 is 5.97 Å². The standard InChI is InChI=1S/C27H26BrN3O3S/c1-14-9-19(26(33)34-6)7-8-22(14)31-17(4)12-20(18(31)5)13-23-25(32)30-27(35-23)29-21-10-15(2)24(28)16(3)11-21/h7-13H,1-6H3,(H,29,30,32)/b23-13-. The molecule has 1 N–H and O–H groups in total. The predicted molar refractivity (Wildman–Crippen MR) is 146 cm³/mol. The number of nitrogens with zero attached hydrogens (tertiary/aromatic N) is 2. The van der Waals surface area contributed by atoms with Crippen LogP contribution in [0.15, 0.2) is 50.8 Å². The highest BCUT2D eigenvalue weighted by atomic mass is 79.9. The van der Waals surface area contributed by atoms with E-state index in [0.29, 0.717) is 15.6 Å². The van der Waals surface area contributed by atoms with Crippen molar-refractivity contribution < 1.29 is 14.3 Å². The Morgan fingerprint density at radius 1 is 1.06 bits per heavy atom. The van der Waals surface area contributed by atoms with Crippen molar-refractivity contribution in [3.05, 3.63) is 85.0 Å². The van der Waals surface area contributed by atoms with Gasteiger partial charge in [0, 0.05) is 21.5 Å². The number of ether oxygens (including phenoxy) is 1. The average Bonchev–Trinajstić information content (AvgIpc) is 3.29. The Balaban J connectivity index is 1.65.